The molecule has 0 fully saturated rings. The predicted molar refractivity (Wildman–Crippen MR) is 84.0 cm³/mol. The van der Waals surface area contributed by atoms with Gasteiger partial charge < -0.3 is 14.6 Å². The van der Waals surface area contributed by atoms with E-state index in [2.05, 4.69) is 0 Å². The van der Waals surface area contributed by atoms with E-state index in [1.807, 2.05) is 17.5 Å². The molecule has 0 spiro atoms. The summed E-state index contributed by atoms with van der Waals surface area (Å²) in [4.78, 5) is 23.0. The molecule has 0 aliphatic heterocycles. The van der Waals surface area contributed by atoms with Crippen LogP contribution < -0.4 is 9.47 Å². The maximum atomic E-state index is 11.2. The highest BCUT2D eigenvalue weighted by atomic mass is 32.1. The van der Waals surface area contributed by atoms with E-state index in [1.54, 1.807) is 19.1 Å². The van der Waals surface area contributed by atoms with Crippen molar-refractivity contribution in [3.63, 3.8) is 0 Å². The van der Waals surface area contributed by atoms with Crippen molar-refractivity contribution in [2.24, 2.45) is 5.92 Å². The first-order valence-corrected chi connectivity index (χ1v) is 7.51. The second-order valence-corrected chi connectivity index (χ2v) is 5.68. The van der Waals surface area contributed by atoms with Crippen molar-refractivity contribution < 1.29 is 24.2 Å². The van der Waals surface area contributed by atoms with Gasteiger partial charge in [0.1, 0.15) is 18.1 Å². The molecule has 2 aromatic rings. The number of carbonyl (C=O) groups is 2. The van der Waals surface area contributed by atoms with E-state index < -0.39 is 11.9 Å². The lowest BCUT2D eigenvalue weighted by molar-refractivity contribution is -0.142. The van der Waals surface area contributed by atoms with Crippen molar-refractivity contribution in [2.45, 2.75) is 6.92 Å². The minimum absolute atomic E-state index is 0.0390. The molecule has 22 heavy (non-hydrogen) atoms. The van der Waals surface area contributed by atoms with Gasteiger partial charge in [-0.3, -0.25) is 9.59 Å². The molecule has 2 rings (SSSR count). The predicted octanol–water partition coefficient (Wildman–Crippen LogP) is 3.34. The largest absolute Gasteiger partial charge is 0.496 e. The summed E-state index contributed by atoms with van der Waals surface area (Å²) in [5, 5.41) is 10.9. The van der Waals surface area contributed by atoms with Gasteiger partial charge in [0.2, 0.25) is 0 Å². The molecule has 0 amide bonds. The Kier molecular flexibility index (Phi) is 5.16. The fourth-order valence-corrected chi connectivity index (χ4v) is 2.62. The molecule has 0 aliphatic carbocycles. The topological polar surface area (TPSA) is 72.8 Å². The maximum Gasteiger partial charge on any atom is 0.309 e. The van der Waals surface area contributed by atoms with Crippen LogP contribution in [0.5, 0.6) is 11.5 Å². The first-order chi connectivity index (χ1) is 10.6. The molecule has 116 valence electrons. The third-order valence-corrected chi connectivity index (χ3v) is 4.06. The zero-order valence-electron chi connectivity index (χ0n) is 12.2. The number of thiophene rings is 1. The molecule has 0 saturated heterocycles. The number of hydrogen-bond acceptors (Lipinski definition) is 5. The lowest BCUT2D eigenvalue weighted by Gasteiger charge is -2.15. The lowest BCUT2D eigenvalue weighted by atomic mass is 10.1. The van der Waals surface area contributed by atoms with Crippen molar-refractivity contribution in [1.29, 1.82) is 0 Å². The van der Waals surface area contributed by atoms with Crippen LogP contribution in [0, 0.1) is 5.92 Å². The van der Waals surface area contributed by atoms with E-state index in [1.165, 1.54) is 18.4 Å². The van der Waals surface area contributed by atoms with Gasteiger partial charge in [0.05, 0.1) is 18.6 Å². The molecule has 5 nitrogen and oxygen atoms in total. The van der Waals surface area contributed by atoms with Crippen LogP contribution in [0.4, 0.5) is 0 Å². The molecular formula is C16H16O5S. The Morgan fingerprint density at radius 3 is 2.73 bits per heavy atom. The summed E-state index contributed by atoms with van der Waals surface area (Å²) < 4.78 is 10.8. The number of aliphatic carboxylic acids is 1. The van der Waals surface area contributed by atoms with Gasteiger partial charge in [0.25, 0.3) is 0 Å². The van der Waals surface area contributed by atoms with Crippen molar-refractivity contribution in [3.05, 3.63) is 35.2 Å². The number of carbonyl (C=O) groups excluding carboxylic acids is 1. The van der Waals surface area contributed by atoms with Gasteiger partial charge in [-0.25, -0.2) is 0 Å². The normalized spacial score (nSPS) is 11.7. The Hall–Kier alpha value is -2.34. The number of methoxy groups -OCH3 is 1. The Morgan fingerprint density at radius 1 is 1.41 bits per heavy atom. The summed E-state index contributed by atoms with van der Waals surface area (Å²) >= 11 is 1.51. The van der Waals surface area contributed by atoms with E-state index in [-0.39, 0.29) is 6.61 Å². The fraction of sp³-hybridized carbons (Fsp3) is 0.250. The average molecular weight is 320 g/mol. The SMILES string of the molecule is COc1cc(OCC(C)C(=O)O)c(-c2cccs2)cc1C=O. The van der Waals surface area contributed by atoms with Gasteiger partial charge in [-0.05, 0) is 24.4 Å². The summed E-state index contributed by atoms with van der Waals surface area (Å²) in [7, 11) is 1.47. The number of benzene rings is 1. The number of ether oxygens (including phenoxy) is 2. The Balaban J connectivity index is 2.41. The second kappa shape index (κ2) is 7.09. The van der Waals surface area contributed by atoms with Gasteiger partial charge in [0.15, 0.2) is 6.29 Å². The molecule has 0 aliphatic rings. The lowest BCUT2D eigenvalue weighted by Crippen LogP contribution is -2.18. The number of aldehydes is 1. The van der Waals surface area contributed by atoms with Crippen LogP contribution in [-0.2, 0) is 4.79 Å². The molecular weight excluding hydrogens is 304 g/mol. The molecule has 1 aromatic carbocycles. The molecule has 0 bridgehead atoms. The third kappa shape index (κ3) is 3.46. The summed E-state index contributed by atoms with van der Waals surface area (Å²) in [5.41, 5.74) is 1.17. The Morgan fingerprint density at radius 2 is 2.18 bits per heavy atom. The van der Waals surface area contributed by atoms with Gasteiger partial charge >= 0.3 is 5.97 Å². The second-order valence-electron chi connectivity index (χ2n) is 4.74. The Bertz CT molecular complexity index is 663. The highest BCUT2D eigenvalue weighted by Crippen LogP contribution is 2.38. The highest BCUT2D eigenvalue weighted by molar-refractivity contribution is 7.13. The number of hydrogen-bond donors (Lipinski definition) is 1. The first-order valence-electron chi connectivity index (χ1n) is 6.63. The first kappa shape index (κ1) is 16.0. The quantitative estimate of drug-likeness (QED) is 0.792. The van der Waals surface area contributed by atoms with Crippen LogP contribution in [0.2, 0.25) is 0 Å². The van der Waals surface area contributed by atoms with Gasteiger partial charge in [-0.15, -0.1) is 11.3 Å². The smallest absolute Gasteiger partial charge is 0.309 e. The molecule has 0 saturated carbocycles. The summed E-state index contributed by atoms with van der Waals surface area (Å²) in [5.74, 6) is -0.659. The number of carboxylic acids is 1. The monoisotopic (exact) mass is 320 g/mol. The van der Waals surface area contributed by atoms with E-state index >= 15 is 0 Å². The molecule has 6 heteroatoms. The minimum Gasteiger partial charge on any atom is -0.496 e. The van der Waals surface area contributed by atoms with Gasteiger partial charge in [-0.2, -0.15) is 0 Å². The maximum absolute atomic E-state index is 11.2. The summed E-state index contributed by atoms with van der Waals surface area (Å²) in [6, 6.07) is 7.12. The van der Waals surface area contributed by atoms with Gasteiger partial charge in [0, 0.05) is 16.5 Å². The van der Waals surface area contributed by atoms with E-state index in [0.717, 1.165) is 16.7 Å². The van der Waals surface area contributed by atoms with E-state index in [0.29, 0.717) is 17.1 Å². The van der Waals surface area contributed by atoms with Crippen LogP contribution in [-0.4, -0.2) is 31.1 Å². The van der Waals surface area contributed by atoms with Crippen LogP contribution in [0.15, 0.2) is 29.6 Å². The van der Waals surface area contributed by atoms with Crippen LogP contribution >= 0.6 is 11.3 Å². The fourth-order valence-electron chi connectivity index (χ4n) is 1.88. The Labute approximate surface area is 132 Å². The standard InChI is InChI=1S/C16H16O5S/c1-10(16(18)19)9-21-14-7-13(20-2)11(8-17)6-12(14)15-4-3-5-22-15/h3-8,10H,9H2,1-2H3,(H,18,19). The zero-order chi connectivity index (χ0) is 16.1. The molecule has 1 heterocycles. The third-order valence-electron chi connectivity index (χ3n) is 3.16. The highest BCUT2D eigenvalue weighted by Gasteiger charge is 2.17. The minimum atomic E-state index is -0.922. The average Bonchev–Trinajstić information content (AvgIpc) is 3.05. The molecule has 1 atom stereocenters. The van der Waals surface area contributed by atoms with Crippen molar-refractivity contribution in [2.75, 3.05) is 13.7 Å². The van der Waals surface area contributed by atoms with E-state index in [9.17, 15) is 9.59 Å². The molecule has 1 aromatic heterocycles. The number of rotatable bonds is 7. The summed E-state index contributed by atoms with van der Waals surface area (Å²) in [6.07, 6.45) is 0.722. The zero-order valence-corrected chi connectivity index (χ0v) is 13.1. The molecule has 0 radical (unpaired) electrons. The van der Waals surface area contributed by atoms with Crippen LogP contribution in [0.1, 0.15) is 17.3 Å². The van der Waals surface area contributed by atoms with Crippen molar-refractivity contribution in [3.8, 4) is 21.9 Å². The van der Waals surface area contributed by atoms with Crippen LogP contribution in [0.3, 0.4) is 0 Å². The molecule has 1 unspecified atom stereocenters. The molecule has 1 N–H and O–H groups in total. The van der Waals surface area contributed by atoms with E-state index in [4.69, 9.17) is 14.6 Å². The van der Waals surface area contributed by atoms with Crippen molar-refractivity contribution in [1.82, 2.24) is 0 Å². The number of carboxylic acid groups (broad SMARTS) is 1. The van der Waals surface area contributed by atoms with Gasteiger partial charge in [-0.1, -0.05) is 6.07 Å². The van der Waals surface area contributed by atoms with Crippen molar-refractivity contribution >= 4 is 23.6 Å². The van der Waals surface area contributed by atoms with Crippen LogP contribution in [0.25, 0.3) is 10.4 Å². The summed E-state index contributed by atoms with van der Waals surface area (Å²) in [6.45, 7) is 1.61.